The molecule has 17 heavy (non-hydrogen) atoms. The van der Waals surface area contributed by atoms with Crippen LogP contribution in [0.4, 0.5) is 5.13 Å². The molecule has 1 aliphatic rings. The van der Waals surface area contributed by atoms with E-state index in [2.05, 4.69) is 23.7 Å². The number of carbonyl (C=O) groups is 1. The highest BCUT2D eigenvalue weighted by Gasteiger charge is 2.34. The van der Waals surface area contributed by atoms with Gasteiger partial charge in [0.1, 0.15) is 4.88 Å². The molecule has 0 N–H and O–H groups in total. The summed E-state index contributed by atoms with van der Waals surface area (Å²) in [5.41, 5.74) is 0.900. The van der Waals surface area contributed by atoms with Crippen LogP contribution in [0, 0.1) is 6.92 Å². The average molecular weight is 254 g/mol. The van der Waals surface area contributed by atoms with Gasteiger partial charge in [-0.3, -0.25) is 0 Å². The highest BCUT2D eigenvalue weighted by molar-refractivity contribution is 7.17. The Labute approximate surface area is 106 Å². The summed E-state index contributed by atoms with van der Waals surface area (Å²) in [6.07, 6.45) is 2.35. The summed E-state index contributed by atoms with van der Waals surface area (Å²) in [7, 11) is 1.40. The number of anilines is 1. The van der Waals surface area contributed by atoms with Crippen LogP contribution in [0.25, 0.3) is 0 Å². The van der Waals surface area contributed by atoms with Crippen LogP contribution in [0.5, 0.6) is 0 Å². The second-order valence-electron chi connectivity index (χ2n) is 4.97. The highest BCUT2D eigenvalue weighted by Crippen LogP contribution is 2.37. The molecule has 0 radical (unpaired) electrons. The molecule has 4 nitrogen and oxygen atoms in total. The Kier molecular flexibility index (Phi) is 3.12. The fourth-order valence-electron chi connectivity index (χ4n) is 2.24. The summed E-state index contributed by atoms with van der Waals surface area (Å²) in [6.45, 7) is 7.30. The first-order valence-corrected chi connectivity index (χ1v) is 6.61. The summed E-state index contributed by atoms with van der Waals surface area (Å²) in [6, 6.07) is 0. The second kappa shape index (κ2) is 4.29. The van der Waals surface area contributed by atoms with Crippen molar-refractivity contribution < 1.29 is 9.53 Å². The normalized spacial score (nSPS) is 18.5. The van der Waals surface area contributed by atoms with Gasteiger partial charge in [0.2, 0.25) is 0 Å². The number of ether oxygens (including phenoxy) is 1. The maximum Gasteiger partial charge on any atom is 0.350 e. The second-order valence-corrected chi connectivity index (χ2v) is 5.95. The monoisotopic (exact) mass is 254 g/mol. The maximum atomic E-state index is 11.6. The summed E-state index contributed by atoms with van der Waals surface area (Å²) in [5, 5.41) is 0.936. The quantitative estimate of drug-likeness (QED) is 0.761. The van der Waals surface area contributed by atoms with Crippen LogP contribution in [0.15, 0.2) is 0 Å². The largest absolute Gasteiger partial charge is 0.465 e. The van der Waals surface area contributed by atoms with Crippen LogP contribution in [0.2, 0.25) is 0 Å². The summed E-state index contributed by atoms with van der Waals surface area (Å²) >= 11 is 1.43. The lowest BCUT2D eigenvalue weighted by molar-refractivity contribution is 0.0605. The molecule has 1 saturated heterocycles. The van der Waals surface area contributed by atoms with Crippen LogP contribution in [0.3, 0.4) is 0 Å². The standard InChI is InChI=1S/C12H18N2O2S/c1-8-9(10(15)16-4)17-11(13-8)14-7-5-6-12(14,2)3/h5-7H2,1-4H3. The van der Waals surface area contributed by atoms with Crippen molar-refractivity contribution in [3.05, 3.63) is 10.6 Å². The Balaban J connectivity index is 2.32. The molecule has 0 atom stereocenters. The van der Waals surface area contributed by atoms with Gasteiger partial charge >= 0.3 is 5.97 Å². The predicted octanol–water partition coefficient (Wildman–Crippen LogP) is 2.62. The van der Waals surface area contributed by atoms with E-state index in [9.17, 15) is 4.79 Å². The molecule has 1 aromatic heterocycles. The van der Waals surface area contributed by atoms with Crippen molar-refractivity contribution in [1.29, 1.82) is 0 Å². The van der Waals surface area contributed by atoms with E-state index in [1.165, 1.54) is 31.3 Å². The van der Waals surface area contributed by atoms with E-state index < -0.39 is 0 Å². The molecule has 0 unspecified atom stereocenters. The number of hydrogen-bond acceptors (Lipinski definition) is 5. The first kappa shape index (κ1) is 12.4. The van der Waals surface area contributed by atoms with Gasteiger partial charge in [-0.25, -0.2) is 9.78 Å². The highest BCUT2D eigenvalue weighted by atomic mass is 32.1. The topological polar surface area (TPSA) is 42.4 Å². The van der Waals surface area contributed by atoms with Gasteiger partial charge in [0.25, 0.3) is 0 Å². The third-order valence-electron chi connectivity index (χ3n) is 3.29. The number of esters is 1. The van der Waals surface area contributed by atoms with Crippen molar-refractivity contribution in [2.75, 3.05) is 18.6 Å². The lowest BCUT2D eigenvalue weighted by Crippen LogP contribution is -2.38. The molecule has 2 heterocycles. The number of hydrogen-bond donors (Lipinski definition) is 0. The first-order chi connectivity index (χ1) is 7.95. The minimum absolute atomic E-state index is 0.137. The summed E-state index contributed by atoms with van der Waals surface area (Å²) in [5.74, 6) is -0.289. The van der Waals surface area contributed by atoms with E-state index in [1.54, 1.807) is 0 Å². The lowest BCUT2D eigenvalue weighted by atomic mass is 10.0. The van der Waals surface area contributed by atoms with E-state index in [0.717, 1.165) is 17.4 Å². The molecule has 0 spiro atoms. The van der Waals surface area contributed by atoms with Gasteiger partial charge in [0, 0.05) is 12.1 Å². The Morgan fingerprint density at radius 3 is 2.76 bits per heavy atom. The molecular weight excluding hydrogens is 236 g/mol. The minimum atomic E-state index is -0.289. The molecule has 1 aliphatic heterocycles. The Morgan fingerprint density at radius 2 is 2.24 bits per heavy atom. The molecule has 1 aromatic rings. The average Bonchev–Trinajstić information content (AvgIpc) is 2.80. The summed E-state index contributed by atoms with van der Waals surface area (Å²) in [4.78, 5) is 19.0. The number of rotatable bonds is 2. The zero-order chi connectivity index (χ0) is 12.6. The van der Waals surface area contributed by atoms with Gasteiger partial charge in [-0.15, -0.1) is 0 Å². The van der Waals surface area contributed by atoms with Crippen molar-refractivity contribution in [3.63, 3.8) is 0 Å². The van der Waals surface area contributed by atoms with Crippen molar-refractivity contribution in [3.8, 4) is 0 Å². The minimum Gasteiger partial charge on any atom is -0.465 e. The van der Waals surface area contributed by atoms with E-state index in [1.807, 2.05) is 6.92 Å². The number of thiazole rings is 1. The number of methoxy groups -OCH3 is 1. The lowest BCUT2D eigenvalue weighted by Gasteiger charge is -2.31. The van der Waals surface area contributed by atoms with Crippen LogP contribution < -0.4 is 4.90 Å². The fraction of sp³-hybridized carbons (Fsp3) is 0.667. The van der Waals surface area contributed by atoms with Crippen LogP contribution in [0.1, 0.15) is 42.1 Å². The molecule has 94 valence electrons. The zero-order valence-corrected chi connectivity index (χ0v) is 11.6. The van der Waals surface area contributed by atoms with Gasteiger partial charge < -0.3 is 9.64 Å². The van der Waals surface area contributed by atoms with Crippen molar-refractivity contribution in [1.82, 2.24) is 4.98 Å². The zero-order valence-electron chi connectivity index (χ0n) is 10.7. The van der Waals surface area contributed by atoms with Crippen LogP contribution >= 0.6 is 11.3 Å². The van der Waals surface area contributed by atoms with Crippen molar-refractivity contribution >= 4 is 22.4 Å². The van der Waals surface area contributed by atoms with Gasteiger partial charge in [-0.05, 0) is 33.6 Å². The molecule has 0 aliphatic carbocycles. The number of aromatic nitrogens is 1. The summed E-state index contributed by atoms with van der Waals surface area (Å²) < 4.78 is 4.76. The Bertz CT molecular complexity index is 440. The molecule has 1 fully saturated rings. The van der Waals surface area contributed by atoms with E-state index in [-0.39, 0.29) is 11.5 Å². The van der Waals surface area contributed by atoms with Crippen LogP contribution in [-0.2, 0) is 4.74 Å². The van der Waals surface area contributed by atoms with E-state index >= 15 is 0 Å². The van der Waals surface area contributed by atoms with E-state index in [4.69, 9.17) is 4.74 Å². The smallest absolute Gasteiger partial charge is 0.350 e. The number of nitrogens with zero attached hydrogens (tertiary/aromatic N) is 2. The number of carbonyl (C=O) groups excluding carboxylic acids is 1. The fourth-order valence-corrected chi connectivity index (χ4v) is 3.42. The van der Waals surface area contributed by atoms with Gasteiger partial charge in [-0.2, -0.15) is 0 Å². The van der Waals surface area contributed by atoms with Crippen LogP contribution in [-0.4, -0.2) is 30.1 Å². The molecule has 0 aromatic carbocycles. The molecule has 2 rings (SSSR count). The predicted molar refractivity (Wildman–Crippen MR) is 68.8 cm³/mol. The first-order valence-electron chi connectivity index (χ1n) is 5.79. The molecule has 0 amide bonds. The Hall–Kier alpha value is -1.10. The molecule has 0 saturated carbocycles. The molecule has 5 heteroatoms. The van der Waals surface area contributed by atoms with Gasteiger partial charge in [0.05, 0.1) is 12.8 Å². The van der Waals surface area contributed by atoms with E-state index in [0.29, 0.717) is 4.88 Å². The molecule has 0 bridgehead atoms. The van der Waals surface area contributed by atoms with Gasteiger partial charge in [-0.1, -0.05) is 11.3 Å². The van der Waals surface area contributed by atoms with Crippen molar-refractivity contribution in [2.45, 2.75) is 39.2 Å². The molecular formula is C12H18N2O2S. The van der Waals surface area contributed by atoms with Crippen molar-refractivity contribution in [2.24, 2.45) is 0 Å². The number of aryl methyl sites for hydroxylation is 1. The Morgan fingerprint density at radius 1 is 1.53 bits per heavy atom. The third-order valence-corrected chi connectivity index (χ3v) is 4.45. The van der Waals surface area contributed by atoms with Gasteiger partial charge in [0.15, 0.2) is 5.13 Å². The maximum absolute atomic E-state index is 11.6. The third kappa shape index (κ3) is 2.16. The SMILES string of the molecule is COC(=O)c1sc(N2CCCC2(C)C)nc1C.